The van der Waals surface area contributed by atoms with Crippen LogP contribution in [0, 0.1) is 0 Å². The molecule has 0 amide bonds. The molecule has 1 fully saturated rings. The smallest absolute Gasteiger partial charge is 0.159 e. The molecule has 2 rings (SSSR count). The normalized spacial score (nSPS) is 17.8. The number of hydrogen-bond donors (Lipinski definition) is 1. The maximum absolute atomic E-state index is 5.57. The molecule has 5 heteroatoms. The summed E-state index contributed by atoms with van der Waals surface area (Å²) in [6, 6.07) is 2.58. The van der Waals surface area contributed by atoms with E-state index in [1.807, 2.05) is 11.7 Å². The highest BCUT2D eigenvalue weighted by molar-refractivity contribution is 5.11. The first-order valence-electron chi connectivity index (χ1n) is 7.71. The van der Waals surface area contributed by atoms with Crippen molar-refractivity contribution in [3.05, 3.63) is 17.5 Å². The third-order valence-electron chi connectivity index (χ3n) is 3.70. The Hall–Kier alpha value is -0.910. The first kappa shape index (κ1) is 15.5. The number of nitrogens with one attached hydrogen (secondary N) is 1. The van der Waals surface area contributed by atoms with Crippen LogP contribution in [0.3, 0.4) is 0 Å². The van der Waals surface area contributed by atoms with Gasteiger partial charge in [0, 0.05) is 31.6 Å². The monoisotopic (exact) mass is 281 g/mol. The van der Waals surface area contributed by atoms with Crippen LogP contribution in [-0.4, -0.2) is 41.9 Å². The summed E-state index contributed by atoms with van der Waals surface area (Å²) in [5, 5.41) is 8.12. The molecule has 1 aliphatic heterocycles. The maximum atomic E-state index is 5.57. The lowest BCUT2D eigenvalue weighted by Crippen LogP contribution is -2.36. The summed E-state index contributed by atoms with van der Waals surface area (Å²) >= 11 is 0. The predicted octanol–water partition coefficient (Wildman–Crippen LogP) is 1.66. The molecule has 1 N–H and O–H groups in total. The SMILES string of the molecule is CCCNC(Cc1cc(CC)nn1C)CC1OCCO1. The molecule has 0 radical (unpaired) electrons. The van der Waals surface area contributed by atoms with E-state index in [9.17, 15) is 0 Å². The van der Waals surface area contributed by atoms with E-state index in [1.165, 1.54) is 5.69 Å². The van der Waals surface area contributed by atoms with Crippen molar-refractivity contribution >= 4 is 0 Å². The van der Waals surface area contributed by atoms with Gasteiger partial charge in [0.15, 0.2) is 6.29 Å². The van der Waals surface area contributed by atoms with E-state index in [1.54, 1.807) is 0 Å². The second-order valence-electron chi connectivity index (χ2n) is 5.37. The van der Waals surface area contributed by atoms with E-state index < -0.39 is 0 Å². The number of nitrogens with zero attached hydrogens (tertiary/aromatic N) is 2. The van der Waals surface area contributed by atoms with Gasteiger partial charge in [0.2, 0.25) is 0 Å². The molecule has 5 nitrogen and oxygen atoms in total. The fourth-order valence-corrected chi connectivity index (χ4v) is 2.55. The van der Waals surface area contributed by atoms with Gasteiger partial charge < -0.3 is 14.8 Å². The summed E-state index contributed by atoms with van der Waals surface area (Å²) < 4.78 is 13.1. The Labute approximate surface area is 121 Å². The standard InChI is InChI=1S/C15H27N3O2/c1-4-6-16-13(11-15-19-7-8-20-15)10-14-9-12(5-2)17-18(14)3/h9,13,15-16H,4-8,10-11H2,1-3H3. The van der Waals surface area contributed by atoms with Gasteiger partial charge in [-0.15, -0.1) is 0 Å². The summed E-state index contributed by atoms with van der Waals surface area (Å²) in [5.41, 5.74) is 2.43. The van der Waals surface area contributed by atoms with Crippen LogP contribution < -0.4 is 5.32 Å². The molecule has 1 aromatic rings. The average Bonchev–Trinajstić information content (AvgIpc) is 3.06. The molecule has 20 heavy (non-hydrogen) atoms. The lowest BCUT2D eigenvalue weighted by molar-refractivity contribution is -0.0527. The van der Waals surface area contributed by atoms with E-state index >= 15 is 0 Å². The molecule has 0 saturated carbocycles. The van der Waals surface area contributed by atoms with Gasteiger partial charge in [0.1, 0.15) is 0 Å². The highest BCUT2D eigenvalue weighted by atomic mass is 16.7. The summed E-state index contributed by atoms with van der Waals surface area (Å²) in [6.07, 6.45) is 3.92. The van der Waals surface area contributed by atoms with Crippen molar-refractivity contribution in [3.63, 3.8) is 0 Å². The lowest BCUT2D eigenvalue weighted by Gasteiger charge is -2.21. The molecule has 114 valence electrons. The second kappa shape index (κ2) is 7.76. The first-order chi connectivity index (χ1) is 9.72. The molecule has 1 aliphatic rings. The lowest BCUT2D eigenvalue weighted by atomic mass is 10.1. The Kier molecular flexibility index (Phi) is 6.01. The minimum Gasteiger partial charge on any atom is -0.350 e. The summed E-state index contributed by atoms with van der Waals surface area (Å²) in [5.74, 6) is 0. The largest absolute Gasteiger partial charge is 0.350 e. The van der Waals surface area contributed by atoms with Gasteiger partial charge in [0.25, 0.3) is 0 Å². The zero-order valence-corrected chi connectivity index (χ0v) is 12.9. The Morgan fingerprint density at radius 1 is 1.40 bits per heavy atom. The summed E-state index contributed by atoms with van der Waals surface area (Å²) in [7, 11) is 2.02. The molecule has 0 aliphatic carbocycles. The molecular formula is C15H27N3O2. The van der Waals surface area contributed by atoms with Gasteiger partial charge in [-0.2, -0.15) is 5.10 Å². The van der Waals surface area contributed by atoms with Gasteiger partial charge in [-0.3, -0.25) is 4.68 Å². The quantitative estimate of drug-likeness (QED) is 0.787. The highest BCUT2D eigenvalue weighted by Crippen LogP contribution is 2.15. The van der Waals surface area contributed by atoms with Crippen molar-refractivity contribution < 1.29 is 9.47 Å². The molecule has 2 heterocycles. The van der Waals surface area contributed by atoms with Crippen LogP contribution in [0.25, 0.3) is 0 Å². The number of aryl methyl sites for hydroxylation is 2. The molecule has 1 saturated heterocycles. The minimum atomic E-state index is -0.0526. The van der Waals surface area contributed by atoms with Gasteiger partial charge in [-0.25, -0.2) is 0 Å². The molecule has 0 aromatic carbocycles. The van der Waals surface area contributed by atoms with E-state index in [0.717, 1.165) is 51.1 Å². The number of rotatable bonds is 8. The van der Waals surface area contributed by atoms with Gasteiger partial charge in [-0.1, -0.05) is 13.8 Å². The van der Waals surface area contributed by atoms with Crippen LogP contribution in [0.15, 0.2) is 6.07 Å². The van der Waals surface area contributed by atoms with Gasteiger partial charge in [-0.05, 0) is 25.5 Å². The van der Waals surface area contributed by atoms with Crippen molar-refractivity contribution in [2.24, 2.45) is 7.05 Å². The fraction of sp³-hybridized carbons (Fsp3) is 0.800. The second-order valence-corrected chi connectivity index (χ2v) is 5.37. The van der Waals surface area contributed by atoms with E-state index in [4.69, 9.17) is 9.47 Å². The van der Waals surface area contributed by atoms with Crippen molar-refractivity contribution in [3.8, 4) is 0 Å². The third kappa shape index (κ3) is 4.30. The van der Waals surface area contributed by atoms with E-state index in [2.05, 4.69) is 30.3 Å². The van der Waals surface area contributed by atoms with Gasteiger partial charge in [0.05, 0.1) is 18.9 Å². The molecule has 1 atom stereocenters. The van der Waals surface area contributed by atoms with E-state index in [-0.39, 0.29) is 6.29 Å². The first-order valence-corrected chi connectivity index (χ1v) is 7.71. The number of hydrogen-bond acceptors (Lipinski definition) is 4. The minimum absolute atomic E-state index is 0.0526. The van der Waals surface area contributed by atoms with Crippen LogP contribution in [0.2, 0.25) is 0 Å². The molecule has 1 unspecified atom stereocenters. The highest BCUT2D eigenvalue weighted by Gasteiger charge is 2.22. The summed E-state index contributed by atoms with van der Waals surface area (Å²) in [4.78, 5) is 0. The Morgan fingerprint density at radius 2 is 2.15 bits per heavy atom. The topological polar surface area (TPSA) is 48.3 Å². The third-order valence-corrected chi connectivity index (χ3v) is 3.70. The van der Waals surface area contributed by atoms with Crippen LogP contribution in [0.4, 0.5) is 0 Å². The molecule has 1 aromatic heterocycles. The van der Waals surface area contributed by atoms with Crippen molar-refractivity contribution in [1.82, 2.24) is 15.1 Å². The van der Waals surface area contributed by atoms with Crippen LogP contribution >= 0.6 is 0 Å². The van der Waals surface area contributed by atoms with Crippen molar-refractivity contribution in [1.29, 1.82) is 0 Å². The molecule has 0 spiro atoms. The maximum Gasteiger partial charge on any atom is 0.159 e. The Morgan fingerprint density at radius 3 is 2.75 bits per heavy atom. The van der Waals surface area contributed by atoms with Crippen molar-refractivity contribution in [2.75, 3.05) is 19.8 Å². The van der Waals surface area contributed by atoms with Crippen LogP contribution in [-0.2, 0) is 29.4 Å². The van der Waals surface area contributed by atoms with E-state index in [0.29, 0.717) is 6.04 Å². The number of ether oxygens (including phenoxy) is 2. The number of aromatic nitrogens is 2. The Balaban J connectivity index is 1.95. The van der Waals surface area contributed by atoms with Crippen LogP contribution in [0.5, 0.6) is 0 Å². The van der Waals surface area contributed by atoms with Crippen LogP contribution in [0.1, 0.15) is 38.1 Å². The zero-order chi connectivity index (χ0) is 14.4. The predicted molar refractivity (Wildman–Crippen MR) is 78.7 cm³/mol. The average molecular weight is 281 g/mol. The zero-order valence-electron chi connectivity index (χ0n) is 12.9. The summed E-state index contributed by atoms with van der Waals surface area (Å²) in [6.45, 7) is 6.79. The molecule has 0 bridgehead atoms. The van der Waals surface area contributed by atoms with Crippen molar-refractivity contribution in [2.45, 2.75) is 51.9 Å². The Bertz CT molecular complexity index is 400. The molecular weight excluding hydrogens is 254 g/mol. The van der Waals surface area contributed by atoms with Gasteiger partial charge >= 0.3 is 0 Å². The fourth-order valence-electron chi connectivity index (χ4n) is 2.55.